The molecule has 0 aromatic heterocycles. The van der Waals surface area contributed by atoms with E-state index in [0.29, 0.717) is 6.61 Å². The average molecular weight is 310 g/mol. The molecule has 2 rings (SSSR count). The van der Waals surface area contributed by atoms with Crippen molar-refractivity contribution in [2.75, 3.05) is 6.61 Å². The highest BCUT2D eigenvalue weighted by Gasteiger charge is 2.15. The van der Waals surface area contributed by atoms with Gasteiger partial charge < -0.3 is 9.47 Å². The van der Waals surface area contributed by atoms with Gasteiger partial charge in [0.2, 0.25) is 0 Å². The van der Waals surface area contributed by atoms with Gasteiger partial charge in [-0.3, -0.25) is 0 Å². The summed E-state index contributed by atoms with van der Waals surface area (Å²) in [6, 6.07) is 19.5. The second-order valence-corrected chi connectivity index (χ2v) is 5.67. The maximum atomic E-state index is 11.9. The number of hydrogen-bond acceptors (Lipinski definition) is 3. The minimum absolute atomic E-state index is 0.276. The monoisotopic (exact) mass is 310 g/mol. The molecule has 0 aliphatic rings. The minimum Gasteiger partial charge on any atom is -0.434 e. The Morgan fingerprint density at radius 3 is 2.22 bits per heavy atom. The average Bonchev–Trinajstić information content (AvgIpc) is 2.58. The summed E-state index contributed by atoms with van der Waals surface area (Å²) in [7, 11) is 0. The lowest BCUT2D eigenvalue weighted by Gasteiger charge is -2.15. The number of benzene rings is 2. The number of rotatable bonds is 6. The van der Waals surface area contributed by atoms with E-state index in [9.17, 15) is 4.79 Å². The van der Waals surface area contributed by atoms with Crippen molar-refractivity contribution in [2.24, 2.45) is 5.92 Å². The van der Waals surface area contributed by atoms with Crippen molar-refractivity contribution in [3.05, 3.63) is 77.9 Å². The third kappa shape index (κ3) is 5.99. The lowest BCUT2D eigenvalue weighted by molar-refractivity contribution is 0.0303. The quantitative estimate of drug-likeness (QED) is 0.684. The first-order valence-corrected chi connectivity index (χ1v) is 7.77. The predicted molar refractivity (Wildman–Crippen MR) is 91.9 cm³/mol. The summed E-state index contributed by atoms with van der Waals surface area (Å²) in [5.41, 5.74) is 1.95. The summed E-state index contributed by atoms with van der Waals surface area (Å²) in [5, 5.41) is 0. The Balaban J connectivity index is 2.09. The molecule has 0 aliphatic heterocycles. The Morgan fingerprint density at radius 2 is 1.61 bits per heavy atom. The van der Waals surface area contributed by atoms with Gasteiger partial charge >= 0.3 is 6.16 Å². The van der Waals surface area contributed by atoms with Gasteiger partial charge in [-0.15, -0.1) is 0 Å². The second-order valence-electron chi connectivity index (χ2n) is 5.67. The highest BCUT2D eigenvalue weighted by atomic mass is 16.7. The van der Waals surface area contributed by atoms with Crippen LogP contribution in [0, 0.1) is 5.92 Å². The van der Waals surface area contributed by atoms with Crippen LogP contribution in [0.2, 0.25) is 0 Å². The van der Waals surface area contributed by atoms with Crippen LogP contribution in [-0.2, 0) is 9.47 Å². The molecule has 0 saturated heterocycles. The van der Waals surface area contributed by atoms with Crippen LogP contribution in [0.4, 0.5) is 4.79 Å². The molecule has 0 heterocycles. The fraction of sp³-hybridized carbons (Fsp3) is 0.250. The van der Waals surface area contributed by atoms with Crippen LogP contribution in [0.1, 0.15) is 31.1 Å². The van der Waals surface area contributed by atoms with Gasteiger partial charge in [-0.1, -0.05) is 80.6 Å². The summed E-state index contributed by atoms with van der Waals surface area (Å²) in [6.45, 7) is 4.32. The largest absolute Gasteiger partial charge is 0.509 e. The van der Waals surface area contributed by atoms with Crippen LogP contribution in [0.3, 0.4) is 0 Å². The van der Waals surface area contributed by atoms with E-state index < -0.39 is 12.3 Å². The van der Waals surface area contributed by atoms with E-state index in [0.717, 1.165) is 11.1 Å². The van der Waals surface area contributed by atoms with Crippen molar-refractivity contribution in [1.29, 1.82) is 0 Å². The van der Waals surface area contributed by atoms with Gasteiger partial charge in [0.25, 0.3) is 0 Å². The fourth-order valence-corrected chi connectivity index (χ4v) is 2.00. The molecule has 0 saturated carbocycles. The molecule has 120 valence electrons. The molecule has 2 aromatic carbocycles. The van der Waals surface area contributed by atoms with Crippen LogP contribution < -0.4 is 0 Å². The van der Waals surface area contributed by atoms with Crippen LogP contribution in [0.5, 0.6) is 0 Å². The second kappa shape index (κ2) is 8.79. The van der Waals surface area contributed by atoms with E-state index in [-0.39, 0.29) is 5.92 Å². The van der Waals surface area contributed by atoms with Crippen molar-refractivity contribution < 1.29 is 14.3 Å². The van der Waals surface area contributed by atoms with Gasteiger partial charge in [-0.2, -0.15) is 0 Å². The number of carbonyl (C=O) groups is 1. The lowest BCUT2D eigenvalue weighted by Crippen LogP contribution is -2.14. The van der Waals surface area contributed by atoms with E-state index in [1.807, 2.05) is 86.7 Å². The number of carbonyl (C=O) groups excluding carboxylic acids is 1. The molecule has 3 heteroatoms. The standard InChI is InChI=1S/C20H22O3/c1-16(2)15-22-20(21)23-19(18-11-7-4-8-12-18)14-13-17-9-5-3-6-10-17/h3-14,16,19H,15H2,1-2H3/b14-13+. The Kier molecular flexibility index (Phi) is 6.42. The van der Waals surface area contributed by atoms with E-state index >= 15 is 0 Å². The van der Waals surface area contributed by atoms with Crippen molar-refractivity contribution in [2.45, 2.75) is 20.0 Å². The van der Waals surface area contributed by atoms with E-state index in [4.69, 9.17) is 9.47 Å². The number of hydrogen-bond donors (Lipinski definition) is 0. The van der Waals surface area contributed by atoms with Gasteiger partial charge in [-0.25, -0.2) is 4.79 Å². The topological polar surface area (TPSA) is 35.5 Å². The Labute approximate surface area is 137 Å². The molecule has 0 bridgehead atoms. The SMILES string of the molecule is CC(C)COC(=O)OC(/C=C/c1ccccc1)c1ccccc1. The molecule has 0 radical (unpaired) electrons. The van der Waals surface area contributed by atoms with E-state index in [1.165, 1.54) is 0 Å². The predicted octanol–water partition coefficient (Wildman–Crippen LogP) is 5.25. The molecule has 1 atom stereocenters. The minimum atomic E-state index is -0.648. The molecule has 0 spiro atoms. The van der Waals surface area contributed by atoms with Crippen molar-refractivity contribution in [1.82, 2.24) is 0 Å². The first kappa shape index (κ1) is 16.8. The van der Waals surface area contributed by atoms with Gasteiger partial charge in [-0.05, 0) is 23.1 Å². The van der Waals surface area contributed by atoms with E-state index in [1.54, 1.807) is 0 Å². The zero-order chi connectivity index (χ0) is 16.5. The van der Waals surface area contributed by atoms with Gasteiger partial charge in [0.05, 0.1) is 6.61 Å². The Hall–Kier alpha value is -2.55. The van der Waals surface area contributed by atoms with Gasteiger partial charge in [0, 0.05) is 0 Å². The zero-order valence-electron chi connectivity index (χ0n) is 13.5. The van der Waals surface area contributed by atoms with Gasteiger partial charge in [0.15, 0.2) is 0 Å². The zero-order valence-corrected chi connectivity index (χ0v) is 13.5. The summed E-state index contributed by atoms with van der Waals surface area (Å²) in [5.74, 6) is 0.276. The fourth-order valence-electron chi connectivity index (χ4n) is 2.00. The first-order valence-electron chi connectivity index (χ1n) is 7.77. The van der Waals surface area contributed by atoms with Crippen LogP contribution in [-0.4, -0.2) is 12.8 Å². The molecule has 23 heavy (non-hydrogen) atoms. The third-order valence-electron chi connectivity index (χ3n) is 3.15. The van der Waals surface area contributed by atoms with Crippen molar-refractivity contribution in [3.63, 3.8) is 0 Å². The van der Waals surface area contributed by atoms with Crippen molar-refractivity contribution in [3.8, 4) is 0 Å². The van der Waals surface area contributed by atoms with Crippen LogP contribution in [0.25, 0.3) is 6.08 Å². The Bertz CT molecular complexity index is 618. The first-order chi connectivity index (χ1) is 11.1. The molecule has 0 N–H and O–H groups in total. The molecule has 0 fully saturated rings. The van der Waals surface area contributed by atoms with Crippen LogP contribution >= 0.6 is 0 Å². The normalized spacial score (nSPS) is 12.3. The highest BCUT2D eigenvalue weighted by molar-refractivity contribution is 5.61. The maximum Gasteiger partial charge on any atom is 0.509 e. The summed E-state index contributed by atoms with van der Waals surface area (Å²) >= 11 is 0. The van der Waals surface area contributed by atoms with Gasteiger partial charge in [0.1, 0.15) is 6.10 Å². The Morgan fingerprint density at radius 1 is 1.00 bits per heavy atom. The summed E-state index contributed by atoms with van der Waals surface area (Å²) < 4.78 is 10.6. The van der Waals surface area contributed by atoms with Crippen molar-refractivity contribution >= 4 is 12.2 Å². The molecule has 3 nitrogen and oxygen atoms in total. The third-order valence-corrected chi connectivity index (χ3v) is 3.15. The molecular weight excluding hydrogens is 288 g/mol. The molecule has 2 aromatic rings. The molecular formula is C20H22O3. The van der Waals surface area contributed by atoms with E-state index in [2.05, 4.69) is 0 Å². The molecule has 0 aliphatic carbocycles. The maximum absolute atomic E-state index is 11.9. The molecule has 1 unspecified atom stereocenters. The molecule has 0 amide bonds. The summed E-state index contributed by atoms with van der Waals surface area (Å²) in [4.78, 5) is 11.9. The summed E-state index contributed by atoms with van der Waals surface area (Å²) in [6.07, 6.45) is 2.68. The number of ether oxygens (including phenoxy) is 2. The smallest absolute Gasteiger partial charge is 0.434 e. The highest BCUT2D eigenvalue weighted by Crippen LogP contribution is 2.21. The van der Waals surface area contributed by atoms with Crippen LogP contribution in [0.15, 0.2) is 66.7 Å². The lowest BCUT2D eigenvalue weighted by atomic mass is 10.1.